The van der Waals surface area contributed by atoms with Crippen molar-refractivity contribution >= 4 is 12.4 Å². The highest BCUT2D eigenvalue weighted by Crippen LogP contribution is 2.34. The Labute approximate surface area is 146 Å². The Bertz CT molecular complexity index is 429. The molecule has 0 radical (unpaired) electrons. The Morgan fingerprint density at radius 1 is 0.870 bits per heavy atom. The van der Waals surface area contributed by atoms with Gasteiger partial charge in [-0.25, -0.2) is 0 Å². The van der Waals surface area contributed by atoms with Crippen molar-refractivity contribution in [1.29, 1.82) is 0 Å². The van der Waals surface area contributed by atoms with Crippen LogP contribution in [0.1, 0.15) is 31.7 Å². The van der Waals surface area contributed by atoms with Crippen molar-refractivity contribution in [2.24, 2.45) is 0 Å². The fourth-order valence-corrected chi connectivity index (χ4v) is 2.10. The molecular formula is C17H30ClNO4. The van der Waals surface area contributed by atoms with E-state index >= 15 is 0 Å². The Kier molecular flexibility index (Phi) is 12.6. The minimum Gasteiger partial charge on any atom is -0.496 e. The van der Waals surface area contributed by atoms with E-state index in [-0.39, 0.29) is 12.4 Å². The van der Waals surface area contributed by atoms with Gasteiger partial charge in [-0.05, 0) is 25.5 Å². The van der Waals surface area contributed by atoms with Crippen molar-refractivity contribution in [2.45, 2.75) is 32.7 Å². The molecule has 0 heterocycles. The third-order valence-electron chi connectivity index (χ3n) is 3.39. The standard InChI is InChI=1S/C17H29NO4.ClH/c1-5-6-9-22-10-7-8-18-13-14-11-16(20-3)17(21-4)12-15(14)19-2;/h11-12,18H,5-10,13H2,1-4H3;1H. The molecule has 0 bridgehead atoms. The zero-order valence-corrected chi connectivity index (χ0v) is 15.5. The zero-order chi connectivity index (χ0) is 16.2. The van der Waals surface area contributed by atoms with Crippen LogP contribution in [-0.4, -0.2) is 41.1 Å². The lowest BCUT2D eigenvalue weighted by Crippen LogP contribution is -2.17. The van der Waals surface area contributed by atoms with Gasteiger partial charge in [-0.2, -0.15) is 0 Å². The highest BCUT2D eigenvalue weighted by Gasteiger charge is 2.11. The predicted octanol–water partition coefficient (Wildman–Crippen LogP) is 3.43. The Morgan fingerprint density at radius 3 is 2.09 bits per heavy atom. The van der Waals surface area contributed by atoms with Crippen LogP contribution in [0.4, 0.5) is 0 Å². The lowest BCUT2D eigenvalue weighted by molar-refractivity contribution is 0.128. The molecule has 23 heavy (non-hydrogen) atoms. The number of ether oxygens (including phenoxy) is 4. The topological polar surface area (TPSA) is 49.0 Å². The summed E-state index contributed by atoms with van der Waals surface area (Å²) < 4.78 is 21.6. The molecule has 1 N–H and O–H groups in total. The Morgan fingerprint density at radius 2 is 1.48 bits per heavy atom. The fourth-order valence-electron chi connectivity index (χ4n) is 2.10. The average Bonchev–Trinajstić information content (AvgIpc) is 2.56. The fraction of sp³-hybridized carbons (Fsp3) is 0.647. The Balaban J connectivity index is 0.00000484. The minimum atomic E-state index is 0. The van der Waals surface area contributed by atoms with E-state index in [1.807, 2.05) is 12.1 Å². The molecule has 0 fully saturated rings. The van der Waals surface area contributed by atoms with Gasteiger partial charge in [0.15, 0.2) is 11.5 Å². The maximum atomic E-state index is 5.54. The van der Waals surface area contributed by atoms with Crippen LogP contribution >= 0.6 is 12.4 Å². The minimum absolute atomic E-state index is 0. The van der Waals surface area contributed by atoms with Crippen molar-refractivity contribution in [2.75, 3.05) is 41.1 Å². The molecule has 1 aromatic rings. The Hall–Kier alpha value is -1.17. The largest absolute Gasteiger partial charge is 0.496 e. The van der Waals surface area contributed by atoms with Crippen molar-refractivity contribution in [3.05, 3.63) is 17.7 Å². The summed E-state index contributed by atoms with van der Waals surface area (Å²) in [7, 11) is 4.91. The molecular weight excluding hydrogens is 318 g/mol. The molecule has 0 aromatic heterocycles. The molecule has 0 unspecified atom stereocenters. The van der Waals surface area contributed by atoms with Crippen molar-refractivity contribution in [1.82, 2.24) is 5.32 Å². The maximum absolute atomic E-state index is 5.54. The van der Waals surface area contributed by atoms with E-state index in [1.165, 1.54) is 6.42 Å². The quantitative estimate of drug-likeness (QED) is 0.587. The van der Waals surface area contributed by atoms with Crippen LogP contribution in [0.15, 0.2) is 12.1 Å². The van der Waals surface area contributed by atoms with E-state index in [4.69, 9.17) is 18.9 Å². The van der Waals surface area contributed by atoms with Gasteiger partial charge in [0, 0.05) is 31.4 Å². The summed E-state index contributed by atoms with van der Waals surface area (Å²) in [6.45, 7) is 5.46. The second kappa shape index (κ2) is 13.3. The van der Waals surface area contributed by atoms with Gasteiger partial charge in [-0.3, -0.25) is 0 Å². The first-order valence-corrected chi connectivity index (χ1v) is 7.84. The molecule has 0 saturated heterocycles. The second-order valence-corrected chi connectivity index (χ2v) is 5.02. The number of hydrogen-bond donors (Lipinski definition) is 1. The molecule has 0 aliphatic heterocycles. The molecule has 1 aromatic carbocycles. The van der Waals surface area contributed by atoms with Crippen LogP contribution in [0.2, 0.25) is 0 Å². The molecule has 0 saturated carbocycles. The van der Waals surface area contributed by atoms with Gasteiger partial charge in [-0.1, -0.05) is 13.3 Å². The SMILES string of the molecule is CCCCOCCCNCc1cc(OC)c(OC)cc1OC.Cl. The van der Waals surface area contributed by atoms with Crippen LogP contribution in [0.3, 0.4) is 0 Å². The van der Waals surface area contributed by atoms with Crippen molar-refractivity contribution in [3.8, 4) is 17.2 Å². The number of hydrogen-bond acceptors (Lipinski definition) is 5. The summed E-state index contributed by atoms with van der Waals surface area (Å²) in [5.41, 5.74) is 1.05. The number of halogens is 1. The number of rotatable bonds is 12. The summed E-state index contributed by atoms with van der Waals surface area (Å²) in [5, 5.41) is 3.40. The molecule has 0 atom stereocenters. The normalized spacial score (nSPS) is 10.1. The first-order valence-electron chi connectivity index (χ1n) is 7.84. The van der Waals surface area contributed by atoms with Crippen LogP contribution in [0, 0.1) is 0 Å². The highest BCUT2D eigenvalue weighted by molar-refractivity contribution is 5.85. The predicted molar refractivity (Wildman–Crippen MR) is 95.4 cm³/mol. The van der Waals surface area contributed by atoms with Crippen LogP contribution in [0.25, 0.3) is 0 Å². The molecule has 0 aliphatic rings. The van der Waals surface area contributed by atoms with Crippen molar-refractivity contribution in [3.63, 3.8) is 0 Å². The first kappa shape index (κ1) is 21.8. The van der Waals surface area contributed by atoms with E-state index in [0.29, 0.717) is 11.5 Å². The van der Waals surface area contributed by atoms with Gasteiger partial charge in [-0.15, -0.1) is 12.4 Å². The molecule has 0 spiro atoms. The van der Waals surface area contributed by atoms with E-state index in [9.17, 15) is 0 Å². The van der Waals surface area contributed by atoms with Crippen molar-refractivity contribution < 1.29 is 18.9 Å². The summed E-state index contributed by atoms with van der Waals surface area (Å²) in [6, 6.07) is 3.80. The number of benzene rings is 1. The highest BCUT2D eigenvalue weighted by atomic mass is 35.5. The van der Waals surface area contributed by atoms with E-state index in [1.54, 1.807) is 21.3 Å². The zero-order valence-electron chi connectivity index (χ0n) is 14.6. The van der Waals surface area contributed by atoms with E-state index in [0.717, 1.165) is 50.5 Å². The van der Waals surface area contributed by atoms with Crippen LogP contribution in [0.5, 0.6) is 17.2 Å². The van der Waals surface area contributed by atoms with Gasteiger partial charge in [0.2, 0.25) is 0 Å². The van der Waals surface area contributed by atoms with Gasteiger partial charge in [0.25, 0.3) is 0 Å². The summed E-state index contributed by atoms with van der Waals surface area (Å²) >= 11 is 0. The van der Waals surface area contributed by atoms with Gasteiger partial charge in [0.05, 0.1) is 21.3 Å². The monoisotopic (exact) mass is 347 g/mol. The number of methoxy groups -OCH3 is 3. The van der Waals surface area contributed by atoms with Crippen LogP contribution < -0.4 is 19.5 Å². The molecule has 0 aliphatic carbocycles. The summed E-state index contributed by atoms with van der Waals surface area (Å²) in [6.07, 6.45) is 3.31. The van der Waals surface area contributed by atoms with E-state index in [2.05, 4.69) is 12.2 Å². The lowest BCUT2D eigenvalue weighted by Gasteiger charge is -2.14. The first-order chi connectivity index (χ1) is 10.8. The number of unbranched alkanes of at least 4 members (excludes halogenated alkanes) is 1. The van der Waals surface area contributed by atoms with Gasteiger partial charge >= 0.3 is 0 Å². The van der Waals surface area contributed by atoms with Crippen LogP contribution in [-0.2, 0) is 11.3 Å². The van der Waals surface area contributed by atoms with Gasteiger partial charge in [0.1, 0.15) is 5.75 Å². The molecule has 0 amide bonds. The average molecular weight is 348 g/mol. The molecule has 6 heteroatoms. The third kappa shape index (κ3) is 7.77. The molecule has 134 valence electrons. The maximum Gasteiger partial charge on any atom is 0.164 e. The summed E-state index contributed by atoms with van der Waals surface area (Å²) in [4.78, 5) is 0. The smallest absolute Gasteiger partial charge is 0.164 e. The summed E-state index contributed by atoms with van der Waals surface area (Å²) in [5.74, 6) is 2.18. The lowest BCUT2D eigenvalue weighted by atomic mass is 10.1. The van der Waals surface area contributed by atoms with Gasteiger partial charge < -0.3 is 24.3 Å². The second-order valence-electron chi connectivity index (χ2n) is 5.02. The third-order valence-corrected chi connectivity index (χ3v) is 3.39. The van der Waals surface area contributed by atoms with E-state index < -0.39 is 0 Å². The number of nitrogens with one attached hydrogen (secondary N) is 1. The molecule has 1 rings (SSSR count). The molecule has 5 nitrogen and oxygen atoms in total.